The van der Waals surface area contributed by atoms with Crippen molar-refractivity contribution in [3.8, 4) is 0 Å². The van der Waals surface area contributed by atoms with Gasteiger partial charge in [0.15, 0.2) is 0 Å². The molecule has 90 valence electrons. The molecule has 0 aromatic rings. The second kappa shape index (κ2) is 3.34. The minimum atomic E-state index is -0.987. The standard InChI is InChI=1S/C12H18FNO2/c1-7-2-3-9(10(7)13)16-11(15)14-12-4-8(5-12)6-12/h7-10H,2-6H2,1H3,(H,14,15)/t7-,8?,9+,10+,12?/m0/s1. The number of rotatable bonds is 2. The Hall–Kier alpha value is -0.800. The zero-order chi connectivity index (χ0) is 11.3. The SMILES string of the molecule is C[C@H]1CC[C@@H](OC(=O)NC23CC(C2)C3)[C@@H]1F. The van der Waals surface area contributed by atoms with Crippen LogP contribution in [0.1, 0.15) is 39.0 Å². The maximum Gasteiger partial charge on any atom is 0.407 e. The first kappa shape index (κ1) is 10.4. The van der Waals surface area contributed by atoms with Gasteiger partial charge in [0.05, 0.1) is 0 Å². The van der Waals surface area contributed by atoms with E-state index in [1.54, 1.807) is 0 Å². The van der Waals surface area contributed by atoms with Gasteiger partial charge in [0, 0.05) is 5.54 Å². The molecule has 4 heteroatoms. The molecule has 0 spiro atoms. The normalized spacial score (nSPS) is 49.1. The molecule has 1 amide bonds. The number of alkyl carbamates (subject to hydrolysis) is 1. The molecule has 0 aromatic carbocycles. The number of carbonyl (C=O) groups is 1. The number of nitrogens with one attached hydrogen (secondary N) is 1. The van der Waals surface area contributed by atoms with Gasteiger partial charge < -0.3 is 10.1 Å². The van der Waals surface area contributed by atoms with Gasteiger partial charge in [-0.15, -0.1) is 0 Å². The minimum absolute atomic E-state index is 0.0211. The van der Waals surface area contributed by atoms with Crippen molar-refractivity contribution < 1.29 is 13.9 Å². The van der Waals surface area contributed by atoms with Crippen LogP contribution in [0.15, 0.2) is 0 Å². The molecule has 0 heterocycles. The predicted octanol–water partition coefficient (Wildman–Crippen LogP) is 2.40. The largest absolute Gasteiger partial charge is 0.443 e. The number of halogens is 1. The van der Waals surface area contributed by atoms with Crippen LogP contribution in [0.2, 0.25) is 0 Å². The summed E-state index contributed by atoms with van der Waals surface area (Å²) in [7, 11) is 0. The number of ether oxygens (including phenoxy) is 1. The van der Waals surface area contributed by atoms with Crippen LogP contribution < -0.4 is 5.32 Å². The van der Waals surface area contributed by atoms with E-state index in [0.29, 0.717) is 6.42 Å². The Labute approximate surface area is 94.7 Å². The van der Waals surface area contributed by atoms with Crippen molar-refractivity contribution in [3.05, 3.63) is 0 Å². The average Bonchev–Trinajstić information content (AvgIpc) is 2.41. The topological polar surface area (TPSA) is 38.3 Å². The summed E-state index contributed by atoms with van der Waals surface area (Å²) in [5, 5.41) is 2.89. The molecule has 0 unspecified atom stereocenters. The monoisotopic (exact) mass is 227 g/mol. The summed E-state index contributed by atoms with van der Waals surface area (Å²) in [4.78, 5) is 11.6. The Morgan fingerprint density at radius 3 is 2.50 bits per heavy atom. The zero-order valence-corrected chi connectivity index (χ0v) is 9.54. The summed E-state index contributed by atoms with van der Waals surface area (Å²) in [6, 6.07) is 0. The first-order chi connectivity index (χ1) is 7.58. The van der Waals surface area contributed by atoms with Crippen LogP contribution in [0.5, 0.6) is 0 Å². The van der Waals surface area contributed by atoms with Gasteiger partial charge in [-0.1, -0.05) is 6.92 Å². The first-order valence-electron chi connectivity index (χ1n) is 6.21. The quantitative estimate of drug-likeness (QED) is 0.786. The fourth-order valence-electron chi connectivity index (χ4n) is 3.25. The highest BCUT2D eigenvalue weighted by molar-refractivity contribution is 5.69. The fraction of sp³-hybridized carbons (Fsp3) is 0.917. The summed E-state index contributed by atoms with van der Waals surface area (Å²) in [5.41, 5.74) is 0.0256. The Bertz CT molecular complexity index is 303. The highest BCUT2D eigenvalue weighted by Gasteiger charge is 2.57. The summed E-state index contributed by atoms with van der Waals surface area (Å²) in [6.07, 6.45) is 2.80. The van der Waals surface area contributed by atoms with E-state index in [0.717, 1.165) is 31.6 Å². The van der Waals surface area contributed by atoms with E-state index in [1.807, 2.05) is 6.92 Å². The lowest BCUT2D eigenvalue weighted by Gasteiger charge is -2.61. The summed E-state index contributed by atoms with van der Waals surface area (Å²) in [5.74, 6) is 0.841. The molecular weight excluding hydrogens is 209 g/mol. The predicted molar refractivity (Wildman–Crippen MR) is 56.8 cm³/mol. The molecule has 0 radical (unpaired) electrons. The zero-order valence-electron chi connectivity index (χ0n) is 9.54. The van der Waals surface area contributed by atoms with Gasteiger partial charge in [0.25, 0.3) is 0 Å². The lowest BCUT2D eigenvalue weighted by Crippen LogP contribution is -2.68. The molecule has 0 aliphatic heterocycles. The van der Waals surface area contributed by atoms with E-state index in [4.69, 9.17) is 4.74 Å². The number of hydrogen-bond acceptors (Lipinski definition) is 2. The number of hydrogen-bond donors (Lipinski definition) is 1. The summed E-state index contributed by atoms with van der Waals surface area (Å²) >= 11 is 0. The van der Waals surface area contributed by atoms with Crippen LogP contribution in [0.25, 0.3) is 0 Å². The van der Waals surface area contributed by atoms with Gasteiger partial charge in [-0.3, -0.25) is 0 Å². The number of alkyl halides is 1. The van der Waals surface area contributed by atoms with Crippen molar-refractivity contribution in [2.24, 2.45) is 11.8 Å². The van der Waals surface area contributed by atoms with Crippen molar-refractivity contribution in [2.75, 3.05) is 0 Å². The molecule has 4 aliphatic carbocycles. The van der Waals surface area contributed by atoms with E-state index in [9.17, 15) is 9.18 Å². The number of carbonyl (C=O) groups excluding carboxylic acids is 1. The molecule has 3 nitrogen and oxygen atoms in total. The fourth-order valence-corrected chi connectivity index (χ4v) is 3.25. The number of amides is 1. The van der Waals surface area contributed by atoms with E-state index >= 15 is 0 Å². The van der Waals surface area contributed by atoms with Crippen molar-refractivity contribution in [1.29, 1.82) is 0 Å². The van der Waals surface area contributed by atoms with Gasteiger partial charge in [-0.2, -0.15) is 0 Å². The molecule has 4 fully saturated rings. The van der Waals surface area contributed by atoms with Crippen LogP contribution in [-0.2, 0) is 4.74 Å². The maximum absolute atomic E-state index is 13.6. The molecular formula is C12H18FNO2. The lowest BCUT2D eigenvalue weighted by atomic mass is 9.50. The van der Waals surface area contributed by atoms with Gasteiger partial charge in [-0.25, -0.2) is 9.18 Å². The average molecular weight is 227 g/mol. The van der Waals surface area contributed by atoms with Crippen LogP contribution in [-0.4, -0.2) is 23.9 Å². The lowest BCUT2D eigenvalue weighted by molar-refractivity contribution is -0.0535. The van der Waals surface area contributed by atoms with Crippen LogP contribution in [0, 0.1) is 11.8 Å². The van der Waals surface area contributed by atoms with Gasteiger partial charge in [0.2, 0.25) is 0 Å². The molecule has 4 saturated carbocycles. The smallest absolute Gasteiger partial charge is 0.407 e. The Morgan fingerprint density at radius 1 is 1.38 bits per heavy atom. The Morgan fingerprint density at radius 2 is 2.06 bits per heavy atom. The molecule has 0 aromatic heterocycles. The Balaban J connectivity index is 1.49. The molecule has 2 bridgehead atoms. The second-order valence-electron chi connectivity index (χ2n) is 5.83. The third kappa shape index (κ3) is 1.50. The van der Waals surface area contributed by atoms with Gasteiger partial charge in [-0.05, 0) is 43.9 Å². The van der Waals surface area contributed by atoms with Crippen molar-refractivity contribution in [3.63, 3.8) is 0 Å². The molecule has 4 rings (SSSR count). The molecule has 0 saturated heterocycles. The van der Waals surface area contributed by atoms with Crippen molar-refractivity contribution in [2.45, 2.75) is 56.8 Å². The highest BCUT2D eigenvalue weighted by Crippen LogP contribution is 2.56. The van der Waals surface area contributed by atoms with Crippen LogP contribution in [0.3, 0.4) is 0 Å². The minimum Gasteiger partial charge on any atom is -0.443 e. The molecule has 3 atom stereocenters. The molecule has 4 aliphatic rings. The summed E-state index contributed by atoms with van der Waals surface area (Å²) < 4.78 is 18.7. The van der Waals surface area contributed by atoms with Crippen LogP contribution >= 0.6 is 0 Å². The van der Waals surface area contributed by atoms with E-state index < -0.39 is 18.4 Å². The van der Waals surface area contributed by atoms with Crippen LogP contribution in [0.4, 0.5) is 9.18 Å². The second-order valence-corrected chi connectivity index (χ2v) is 5.83. The summed E-state index contributed by atoms with van der Waals surface area (Å²) in [6.45, 7) is 1.87. The van der Waals surface area contributed by atoms with E-state index in [-0.39, 0.29) is 11.5 Å². The maximum atomic E-state index is 13.6. The highest BCUT2D eigenvalue weighted by atomic mass is 19.1. The van der Waals surface area contributed by atoms with Gasteiger partial charge in [0.1, 0.15) is 12.3 Å². The Kier molecular flexibility index (Phi) is 2.17. The first-order valence-corrected chi connectivity index (χ1v) is 6.21. The van der Waals surface area contributed by atoms with E-state index in [2.05, 4.69) is 5.32 Å². The van der Waals surface area contributed by atoms with Gasteiger partial charge >= 0.3 is 6.09 Å². The third-order valence-electron chi connectivity index (χ3n) is 4.47. The van der Waals surface area contributed by atoms with Crippen molar-refractivity contribution >= 4 is 6.09 Å². The molecule has 1 N–H and O–H groups in total. The molecule has 16 heavy (non-hydrogen) atoms. The van der Waals surface area contributed by atoms with Crippen molar-refractivity contribution in [1.82, 2.24) is 5.32 Å². The van der Waals surface area contributed by atoms with E-state index in [1.165, 1.54) is 0 Å². The third-order valence-corrected chi connectivity index (χ3v) is 4.47.